The lowest BCUT2D eigenvalue weighted by molar-refractivity contribution is 0.636. The van der Waals surface area contributed by atoms with Crippen LogP contribution in [0.25, 0.3) is 11.1 Å². The second kappa shape index (κ2) is 4.17. The monoisotopic (exact) mass is 211 g/mol. The predicted octanol–water partition coefficient (Wildman–Crippen LogP) is 3.88. The standard InChI is InChI=1S/C15H17N/c1-3-7-13(8-4-1)14-10-12-16-11-6-2-5-9-15(14)16/h1,3-4,7-8,10,12H,2,5-6,9,11H2. The van der Waals surface area contributed by atoms with Crippen molar-refractivity contribution < 1.29 is 0 Å². The molecular weight excluding hydrogens is 194 g/mol. The van der Waals surface area contributed by atoms with Crippen molar-refractivity contribution in [2.45, 2.75) is 32.2 Å². The lowest BCUT2D eigenvalue weighted by Gasteiger charge is -2.07. The SMILES string of the molecule is c1ccc(-c2ccn3c2CCCCC3)cc1. The van der Waals surface area contributed by atoms with Gasteiger partial charge in [-0.2, -0.15) is 0 Å². The van der Waals surface area contributed by atoms with Crippen LogP contribution in [0.2, 0.25) is 0 Å². The molecule has 16 heavy (non-hydrogen) atoms. The molecule has 1 aromatic carbocycles. The van der Waals surface area contributed by atoms with Crippen LogP contribution < -0.4 is 0 Å². The third kappa shape index (κ3) is 1.67. The highest BCUT2D eigenvalue weighted by atomic mass is 15.0. The Morgan fingerprint density at radius 3 is 2.62 bits per heavy atom. The van der Waals surface area contributed by atoms with Crippen LogP contribution in [0.5, 0.6) is 0 Å². The maximum absolute atomic E-state index is 2.44. The number of hydrogen-bond acceptors (Lipinski definition) is 0. The average Bonchev–Trinajstić information content (AvgIpc) is 2.60. The van der Waals surface area contributed by atoms with Crippen LogP contribution in [-0.2, 0) is 13.0 Å². The normalized spacial score (nSPS) is 15.5. The molecule has 0 atom stereocenters. The van der Waals surface area contributed by atoms with E-state index in [2.05, 4.69) is 47.2 Å². The second-order valence-electron chi connectivity index (χ2n) is 4.55. The van der Waals surface area contributed by atoms with Gasteiger partial charge in [0, 0.05) is 24.0 Å². The van der Waals surface area contributed by atoms with Gasteiger partial charge < -0.3 is 4.57 Å². The van der Waals surface area contributed by atoms with Gasteiger partial charge in [-0.1, -0.05) is 36.8 Å². The zero-order valence-electron chi connectivity index (χ0n) is 9.52. The van der Waals surface area contributed by atoms with E-state index in [4.69, 9.17) is 0 Å². The summed E-state index contributed by atoms with van der Waals surface area (Å²) in [5, 5.41) is 0. The zero-order valence-corrected chi connectivity index (χ0v) is 9.52. The van der Waals surface area contributed by atoms with Gasteiger partial charge >= 0.3 is 0 Å². The molecule has 0 saturated heterocycles. The number of aryl methyl sites for hydroxylation is 1. The molecule has 1 aliphatic heterocycles. The summed E-state index contributed by atoms with van der Waals surface area (Å²) in [7, 11) is 0. The molecule has 0 aliphatic carbocycles. The van der Waals surface area contributed by atoms with E-state index in [9.17, 15) is 0 Å². The molecule has 1 aliphatic rings. The quantitative estimate of drug-likeness (QED) is 0.674. The number of benzene rings is 1. The summed E-state index contributed by atoms with van der Waals surface area (Å²) in [5.74, 6) is 0. The Labute approximate surface area is 96.7 Å². The summed E-state index contributed by atoms with van der Waals surface area (Å²) in [6.45, 7) is 1.20. The Bertz CT molecular complexity index is 467. The summed E-state index contributed by atoms with van der Waals surface area (Å²) in [4.78, 5) is 0. The minimum Gasteiger partial charge on any atom is -0.351 e. The van der Waals surface area contributed by atoms with E-state index in [0.717, 1.165) is 0 Å². The number of aromatic nitrogens is 1. The lowest BCUT2D eigenvalue weighted by atomic mass is 10.0. The van der Waals surface area contributed by atoms with Crippen molar-refractivity contribution in [3.63, 3.8) is 0 Å². The summed E-state index contributed by atoms with van der Waals surface area (Å²) in [6, 6.07) is 13.0. The van der Waals surface area contributed by atoms with Crippen LogP contribution in [-0.4, -0.2) is 4.57 Å². The smallest absolute Gasteiger partial charge is 0.0253 e. The molecule has 0 unspecified atom stereocenters. The zero-order chi connectivity index (χ0) is 10.8. The maximum atomic E-state index is 2.44. The van der Waals surface area contributed by atoms with Crippen molar-refractivity contribution in [2.75, 3.05) is 0 Å². The fraction of sp³-hybridized carbons (Fsp3) is 0.333. The van der Waals surface area contributed by atoms with E-state index in [1.54, 1.807) is 0 Å². The number of nitrogens with zero attached hydrogens (tertiary/aromatic N) is 1. The Morgan fingerprint density at radius 1 is 0.875 bits per heavy atom. The largest absolute Gasteiger partial charge is 0.351 e. The average molecular weight is 211 g/mol. The summed E-state index contributed by atoms with van der Waals surface area (Å²) in [5.41, 5.74) is 4.32. The first-order valence-electron chi connectivity index (χ1n) is 6.18. The van der Waals surface area contributed by atoms with Crippen LogP contribution in [0.4, 0.5) is 0 Å². The maximum Gasteiger partial charge on any atom is 0.0253 e. The first kappa shape index (κ1) is 9.71. The summed E-state index contributed by atoms with van der Waals surface area (Å²) >= 11 is 0. The van der Waals surface area contributed by atoms with Crippen LogP contribution in [0.3, 0.4) is 0 Å². The van der Waals surface area contributed by atoms with Gasteiger partial charge in [-0.15, -0.1) is 0 Å². The summed E-state index contributed by atoms with van der Waals surface area (Å²) < 4.78 is 2.44. The van der Waals surface area contributed by atoms with Gasteiger partial charge in [0.1, 0.15) is 0 Å². The van der Waals surface area contributed by atoms with E-state index >= 15 is 0 Å². The Kier molecular flexibility index (Phi) is 2.53. The molecule has 1 aromatic heterocycles. The van der Waals surface area contributed by atoms with Gasteiger partial charge in [-0.25, -0.2) is 0 Å². The van der Waals surface area contributed by atoms with Crippen LogP contribution in [0.15, 0.2) is 42.6 Å². The molecule has 0 fully saturated rings. The van der Waals surface area contributed by atoms with Crippen molar-refractivity contribution in [1.82, 2.24) is 4.57 Å². The van der Waals surface area contributed by atoms with Crippen LogP contribution in [0.1, 0.15) is 25.0 Å². The van der Waals surface area contributed by atoms with Gasteiger partial charge in [0.15, 0.2) is 0 Å². The first-order chi connectivity index (χ1) is 7.95. The van der Waals surface area contributed by atoms with Crippen molar-refractivity contribution in [3.8, 4) is 11.1 Å². The van der Waals surface area contributed by atoms with Gasteiger partial charge in [0.25, 0.3) is 0 Å². The summed E-state index contributed by atoms with van der Waals surface area (Å²) in [6.07, 6.45) is 7.52. The second-order valence-corrected chi connectivity index (χ2v) is 4.55. The van der Waals surface area contributed by atoms with Crippen molar-refractivity contribution in [3.05, 3.63) is 48.3 Å². The third-order valence-electron chi connectivity index (χ3n) is 3.48. The van der Waals surface area contributed by atoms with Gasteiger partial charge in [0.05, 0.1) is 0 Å². The Hall–Kier alpha value is -1.50. The number of hydrogen-bond donors (Lipinski definition) is 0. The molecule has 82 valence electrons. The molecular formula is C15H17N. The van der Waals surface area contributed by atoms with Crippen molar-refractivity contribution in [1.29, 1.82) is 0 Å². The minimum absolute atomic E-state index is 1.20. The van der Waals surface area contributed by atoms with E-state index in [0.29, 0.717) is 0 Å². The fourth-order valence-electron chi connectivity index (χ4n) is 2.63. The number of fused-ring (bicyclic) bond motifs is 1. The van der Waals surface area contributed by atoms with Crippen molar-refractivity contribution in [2.24, 2.45) is 0 Å². The minimum atomic E-state index is 1.20. The molecule has 1 heteroatoms. The van der Waals surface area contributed by atoms with Crippen molar-refractivity contribution >= 4 is 0 Å². The third-order valence-corrected chi connectivity index (χ3v) is 3.48. The highest BCUT2D eigenvalue weighted by Gasteiger charge is 2.12. The molecule has 0 radical (unpaired) electrons. The fourth-order valence-corrected chi connectivity index (χ4v) is 2.63. The molecule has 3 rings (SSSR count). The molecule has 0 N–H and O–H groups in total. The van der Waals surface area contributed by atoms with Gasteiger partial charge in [-0.3, -0.25) is 0 Å². The van der Waals surface area contributed by atoms with E-state index in [1.807, 2.05) is 0 Å². The van der Waals surface area contributed by atoms with E-state index in [1.165, 1.54) is 49.0 Å². The molecule has 2 aromatic rings. The predicted molar refractivity (Wildman–Crippen MR) is 67.4 cm³/mol. The molecule has 0 spiro atoms. The Balaban J connectivity index is 2.06. The molecule has 0 bridgehead atoms. The lowest BCUT2D eigenvalue weighted by Crippen LogP contribution is -1.98. The molecule has 0 amide bonds. The molecule has 1 nitrogen and oxygen atoms in total. The first-order valence-corrected chi connectivity index (χ1v) is 6.18. The highest BCUT2D eigenvalue weighted by Crippen LogP contribution is 2.28. The molecule has 0 saturated carbocycles. The van der Waals surface area contributed by atoms with Crippen LogP contribution >= 0.6 is 0 Å². The van der Waals surface area contributed by atoms with E-state index < -0.39 is 0 Å². The topological polar surface area (TPSA) is 4.93 Å². The molecule has 2 heterocycles. The highest BCUT2D eigenvalue weighted by molar-refractivity contribution is 5.66. The van der Waals surface area contributed by atoms with E-state index in [-0.39, 0.29) is 0 Å². The van der Waals surface area contributed by atoms with Gasteiger partial charge in [-0.05, 0) is 30.9 Å². The van der Waals surface area contributed by atoms with Gasteiger partial charge in [0.2, 0.25) is 0 Å². The Morgan fingerprint density at radius 2 is 1.75 bits per heavy atom. The number of rotatable bonds is 1. The van der Waals surface area contributed by atoms with Crippen LogP contribution in [0, 0.1) is 0 Å².